The lowest BCUT2D eigenvalue weighted by Gasteiger charge is -2.31. The number of benzene rings is 1. The van der Waals surface area contributed by atoms with Gasteiger partial charge in [-0.3, -0.25) is 0 Å². The normalized spacial score (nSPS) is 17.9. The quantitative estimate of drug-likeness (QED) is 0.861. The molecule has 1 N–H and O–H groups in total. The van der Waals surface area contributed by atoms with Gasteiger partial charge in [0.15, 0.2) is 0 Å². The molecule has 0 aliphatic heterocycles. The Kier molecular flexibility index (Phi) is 3.72. The van der Waals surface area contributed by atoms with Gasteiger partial charge in [-0.2, -0.15) is 0 Å². The SMILES string of the molecule is COc1ccc(C(O)C2CCC2)cc1C(C)C. The standard InChI is InChI=1S/C15H22O2/c1-10(2)13-9-12(7-8-14(13)17-3)15(16)11-5-4-6-11/h7-11,15-16H,4-6H2,1-3H3. The van der Waals surface area contributed by atoms with Crippen LogP contribution in [0, 0.1) is 5.92 Å². The Morgan fingerprint density at radius 1 is 1.29 bits per heavy atom. The fourth-order valence-electron chi connectivity index (χ4n) is 2.42. The summed E-state index contributed by atoms with van der Waals surface area (Å²) in [6.07, 6.45) is 3.27. The van der Waals surface area contributed by atoms with Crippen molar-refractivity contribution < 1.29 is 9.84 Å². The van der Waals surface area contributed by atoms with Crippen LogP contribution in [0.2, 0.25) is 0 Å². The topological polar surface area (TPSA) is 29.5 Å². The summed E-state index contributed by atoms with van der Waals surface area (Å²) in [7, 11) is 1.70. The molecule has 0 bridgehead atoms. The molecular formula is C15H22O2. The van der Waals surface area contributed by atoms with Gasteiger partial charge in [0.1, 0.15) is 5.75 Å². The van der Waals surface area contributed by atoms with Crippen molar-refractivity contribution >= 4 is 0 Å². The fourth-order valence-corrected chi connectivity index (χ4v) is 2.42. The number of methoxy groups -OCH3 is 1. The molecule has 1 saturated carbocycles. The Bertz CT molecular complexity index is 381. The van der Waals surface area contributed by atoms with E-state index in [9.17, 15) is 5.11 Å². The molecule has 0 radical (unpaired) electrons. The average molecular weight is 234 g/mol. The van der Waals surface area contributed by atoms with E-state index in [4.69, 9.17) is 4.74 Å². The maximum Gasteiger partial charge on any atom is 0.122 e. The van der Waals surface area contributed by atoms with Crippen LogP contribution >= 0.6 is 0 Å². The summed E-state index contributed by atoms with van der Waals surface area (Å²) in [5.41, 5.74) is 2.22. The summed E-state index contributed by atoms with van der Waals surface area (Å²) in [5, 5.41) is 10.3. The van der Waals surface area contributed by atoms with E-state index in [0.717, 1.165) is 24.2 Å². The third kappa shape index (κ3) is 2.47. The van der Waals surface area contributed by atoms with E-state index in [2.05, 4.69) is 19.9 Å². The van der Waals surface area contributed by atoms with Crippen molar-refractivity contribution in [1.29, 1.82) is 0 Å². The third-order valence-corrected chi connectivity index (χ3v) is 3.81. The maximum absolute atomic E-state index is 10.3. The highest BCUT2D eigenvalue weighted by Crippen LogP contribution is 2.39. The first-order chi connectivity index (χ1) is 8.13. The second kappa shape index (κ2) is 5.09. The maximum atomic E-state index is 10.3. The van der Waals surface area contributed by atoms with E-state index >= 15 is 0 Å². The zero-order valence-corrected chi connectivity index (χ0v) is 10.9. The van der Waals surface area contributed by atoms with Crippen LogP contribution < -0.4 is 4.74 Å². The molecule has 0 amide bonds. The van der Waals surface area contributed by atoms with Gasteiger partial charge in [0.25, 0.3) is 0 Å². The number of hydrogen-bond acceptors (Lipinski definition) is 2. The van der Waals surface area contributed by atoms with Gasteiger partial charge in [-0.05, 0) is 47.9 Å². The van der Waals surface area contributed by atoms with Crippen molar-refractivity contribution in [3.05, 3.63) is 29.3 Å². The number of rotatable bonds is 4. The van der Waals surface area contributed by atoms with Crippen LogP contribution in [0.1, 0.15) is 56.3 Å². The van der Waals surface area contributed by atoms with Crippen molar-refractivity contribution in [2.45, 2.75) is 45.1 Å². The van der Waals surface area contributed by atoms with Crippen molar-refractivity contribution in [3.63, 3.8) is 0 Å². The van der Waals surface area contributed by atoms with Gasteiger partial charge in [0.05, 0.1) is 13.2 Å². The highest BCUT2D eigenvalue weighted by molar-refractivity contribution is 5.40. The first-order valence-corrected chi connectivity index (χ1v) is 6.49. The van der Waals surface area contributed by atoms with Crippen molar-refractivity contribution in [2.75, 3.05) is 7.11 Å². The monoisotopic (exact) mass is 234 g/mol. The van der Waals surface area contributed by atoms with Crippen LogP contribution in [0.15, 0.2) is 18.2 Å². The van der Waals surface area contributed by atoms with Gasteiger partial charge >= 0.3 is 0 Å². The van der Waals surface area contributed by atoms with Crippen LogP contribution in [-0.2, 0) is 0 Å². The van der Waals surface area contributed by atoms with E-state index in [1.165, 1.54) is 12.0 Å². The summed E-state index contributed by atoms with van der Waals surface area (Å²) < 4.78 is 5.36. The molecule has 94 valence electrons. The minimum atomic E-state index is -0.299. The van der Waals surface area contributed by atoms with Crippen molar-refractivity contribution in [3.8, 4) is 5.75 Å². The lowest BCUT2D eigenvalue weighted by atomic mass is 9.78. The van der Waals surface area contributed by atoms with Gasteiger partial charge in [0, 0.05) is 0 Å². The minimum absolute atomic E-state index is 0.299. The molecule has 1 atom stereocenters. The Labute approximate surface area is 104 Å². The molecule has 1 fully saturated rings. The van der Waals surface area contributed by atoms with E-state index in [0.29, 0.717) is 11.8 Å². The zero-order valence-electron chi connectivity index (χ0n) is 10.9. The number of aliphatic hydroxyl groups is 1. The van der Waals surface area contributed by atoms with Gasteiger partial charge < -0.3 is 9.84 Å². The third-order valence-electron chi connectivity index (χ3n) is 3.81. The Hall–Kier alpha value is -1.02. The first-order valence-electron chi connectivity index (χ1n) is 6.49. The van der Waals surface area contributed by atoms with E-state index in [1.807, 2.05) is 12.1 Å². The van der Waals surface area contributed by atoms with Gasteiger partial charge in [0.2, 0.25) is 0 Å². The summed E-state index contributed by atoms with van der Waals surface area (Å²) in [6.45, 7) is 4.30. The van der Waals surface area contributed by atoms with Crippen LogP contribution in [0.4, 0.5) is 0 Å². The zero-order chi connectivity index (χ0) is 12.4. The van der Waals surface area contributed by atoms with Crippen LogP contribution in [0.25, 0.3) is 0 Å². The lowest BCUT2D eigenvalue weighted by Crippen LogP contribution is -2.20. The number of ether oxygens (including phenoxy) is 1. The molecule has 0 aromatic heterocycles. The average Bonchev–Trinajstić information content (AvgIpc) is 2.25. The molecule has 1 aliphatic carbocycles. The predicted octanol–water partition coefficient (Wildman–Crippen LogP) is 3.65. The number of aliphatic hydroxyl groups excluding tert-OH is 1. The fraction of sp³-hybridized carbons (Fsp3) is 0.600. The largest absolute Gasteiger partial charge is 0.496 e. The van der Waals surface area contributed by atoms with Crippen molar-refractivity contribution in [2.24, 2.45) is 5.92 Å². The van der Waals surface area contributed by atoms with Crippen LogP contribution in [-0.4, -0.2) is 12.2 Å². The molecule has 2 nitrogen and oxygen atoms in total. The molecule has 1 aromatic carbocycles. The second-order valence-corrected chi connectivity index (χ2v) is 5.29. The Morgan fingerprint density at radius 2 is 2.00 bits per heavy atom. The van der Waals surface area contributed by atoms with E-state index in [-0.39, 0.29) is 6.10 Å². The molecule has 2 heteroatoms. The van der Waals surface area contributed by atoms with E-state index in [1.54, 1.807) is 7.11 Å². The molecule has 0 heterocycles. The molecule has 17 heavy (non-hydrogen) atoms. The van der Waals surface area contributed by atoms with Crippen LogP contribution in [0.5, 0.6) is 5.75 Å². The second-order valence-electron chi connectivity index (χ2n) is 5.29. The van der Waals surface area contributed by atoms with Crippen LogP contribution in [0.3, 0.4) is 0 Å². The smallest absolute Gasteiger partial charge is 0.122 e. The molecular weight excluding hydrogens is 212 g/mol. The summed E-state index contributed by atoms with van der Waals surface area (Å²) in [5.74, 6) is 1.80. The lowest BCUT2D eigenvalue weighted by molar-refractivity contribution is 0.0620. The summed E-state index contributed by atoms with van der Waals surface area (Å²) in [4.78, 5) is 0. The Balaban J connectivity index is 2.26. The number of hydrogen-bond donors (Lipinski definition) is 1. The van der Waals surface area contributed by atoms with E-state index < -0.39 is 0 Å². The molecule has 1 aromatic rings. The molecule has 0 spiro atoms. The predicted molar refractivity (Wildman–Crippen MR) is 69.4 cm³/mol. The summed E-state index contributed by atoms with van der Waals surface area (Å²) >= 11 is 0. The molecule has 2 rings (SSSR count). The molecule has 0 saturated heterocycles. The molecule has 1 unspecified atom stereocenters. The summed E-state index contributed by atoms with van der Waals surface area (Å²) in [6, 6.07) is 6.08. The van der Waals surface area contributed by atoms with Gasteiger partial charge in [-0.25, -0.2) is 0 Å². The molecule has 1 aliphatic rings. The van der Waals surface area contributed by atoms with Gasteiger partial charge in [-0.1, -0.05) is 26.3 Å². The highest BCUT2D eigenvalue weighted by atomic mass is 16.5. The first kappa shape index (κ1) is 12.4. The van der Waals surface area contributed by atoms with Gasteiger partial charge in [-0.15, -0.1) is 0 Å². The van der Waals surface area contributed by atoms with Crippen molar-refractivity contribution in [1.82, 2.24) is 0 Å². The minimum Gasteiger partial charge on any atom is -0.496 e. The highest BCUT2D eigenvalue weighted by Gasteiger charge is 2.27. The Morgan fingerprint density at radius 3 is 2.47 bits per heavy atom.